The Morgan fingerprint density at radius 3 is 2.30 bits per heavy atom. The van der Waals surface area contributed by atoms with Crippen molar-refractivity contribution >= 4 is 5.91 Å². The number of nitriles is 1. The van der Waals surface area contributed by atoms with Gasteiger partial charge in [-0.15, -0.1) is 0 Å². The van der Waals surface area contributed by atoms with Gasteiger partial charge in [-0.25, -0.2) is 0 Å². The maximum Gasteiger partial charge on any atom is 0.268 e. The van der Waals surface area contributed by atoms with Crippen molar-refractivity contribution in [2.45, 2.75) is 20.0 Å². The lowest BCUT2D eigenvalue weighted by molar-refractivity contribution is -0.138. The lowest BCUT2D eigenvalue weighted by Gasteiger charge is -2.26. The molecular formula is C19H20N2O2. The molecule has 0 saturated heterocycles. The van der Waals surface area contributed by atoms with E-state index in [9.17, 15) is 10.1 Å². The second kappa shape index (κ2) is 8.00. The molecule has 0 spiro atoms. The quantitative estimate of drug-likeness (QED) is 0.820. The Bertz CT molecular complexity index is 688. The summed E-state index contributed by atoms with van der Waals surface area (Å²) in [6.07, 6.45) is -0.759. The maximum atomic E-state index is 12.8. The summed E-state index contributed by atoms with van der Waals surface area (Å²) in [5, 5.41) is 9.22. The first-order chi connectivity index (χ1) is 11.2. The molecule has 2 aromatic carbocycles. The monoisotopic (exact) mass is 308 g/mol. The highest BCUT2D eigenvalue weighted by Gasteiger charge is 2.27. The van der Waals surface area contributed by atoms with Gasteiger partial charge in [0, 0.05) is 18.7 Å². The van der Waals surface area contributed by atoms with Gasteiger partial charge in [-0.3, -0.25) is 4.79 Å². The van der Waals surface area contributed by atoms with Gasteiger partial charge >= 0.3 is 0 Å². The van der Waals surface area contributed by atoms with Gasteiger partial charge in [0.25, 0.3) is 5.91 Å². The Hall–Kier alpha value is -2.80. The molecule has 4 heteroatoms. The lowest BCUT2D eigenvalue weighted by Crippen LogP contribution is -2.37. The van der Waals surface area contributed by atoms with Crippen LogP contribution in [0.5, 0.6) is 5.75 Å². The van der Waals surface area contributed by atoms with Crippen LogP contribution >= 0.6 is 0 Å². The van der Waals surface area contributed by atoms with Gasteiger partial charge < -0.3 is 9.64 Å². The Morgan fingerprint density at radius 2 is 1.70 bits per heavy atom. The van der Waals surface area contributed by atoms with E-state index in [1.165, 1.54) is 0 Å². The van der Waals surface area contributed by atoms with Crippen molar-refractivity contribution in [1.82, 2.24) is 4.90 Å². The SMILES string of the molecule is CCN(CC)C(=O)[C@H](Oc1ccccc1C#N)c1ccccc1. The number of ether oxygens (including phenoxy) is 1. The summed E-state index contributed by atoms with van der Waals surface area (Å²) in [7, 11) is 0. The number of carbonyl (C=O) groups excluding carboxylic acids is 1. The van der Waals surface area contributed by atoms with Crippen LogP contribution in [0.3, 0.4) is 0 Å². The Balaban J connectivity index is 2.38. The van der Waals surface area contributed by atoms with E-state index in [2.05, 4.69) is 6.07 Å². The number of hydrogen-bond donors (Lipinski definition) is 0. The van der Waals surface area contributed by atoms with Crippen LogP contribution in [0, 0.1) is 11.3 Å². The topological polar surface area (TPSA) is 53.3 Å². The van der Waals surface area contributed by atoms with Crippen LogP contribution in [0.4, 0.5) is 0 Å². The van der Waals surface area contributed by atoms with Crippen LogP contribution in [-0.4, -0.2) is 23.9 Å². The van der Waals surface area contributed by atoms with Crippen molar-refractivity contribution in [2.75, 3.05) is 13.1 Å². The summed E-state index contributed by atoms with van der Waals surface area (Å²) < 4.78 is 5.96. The molecular weight excluding hydrogens is 288 g/mol. The number of hydrogen-bond acceptors (Lipinski definition) is 3. The molecule has 4 nitrogen and oxygen atoms in total. The molecule has 0 saturated carbocycles. The number of nitrogens with zero attached hydrogens (tertiary/aromatic N) is 2. The minimum atomic E-state index is -0.759. The lowest BCUT2D eigenvalue weighted by atomic mass is 10.1. The minimum Gasteiger partial charge on any atom is -0.474 e. The maximum absolute atomic E-state index is 12.8. The average Bonchev–Trinajstić information content (AvgIpc) is 2.61. The highest BCUT2D eigenvalue weighted by molar-refractivity contribution is 5.82. The summed E-state index contributed by atoms with van der Waals surface area (Å²) in [6, 6.07) is 18.4. The van der Waals surface area contributed by atoms with Gasteiger partial charge in [-0.2, -0.15) is 5.26 Å². The van der Waals surface area contributed by atoms with Crippen LogP contribution in [-0.2, 0) is 4.79 Å². The minimum absolute atomic E-state index is 0.103. The summed E-state index contributed by atoms with van der Waals surface area (Å²) in [6.45, 7) is 5.10. The first kappa shape index (κ1) is 16.6. The van der Waals surface area contributed by atoms with E-state index in [0.29, 0.717) is 24.4 Å². The molecule has 0 N–H and O–H groups in total. The van der Waals surface area contributed by atoms with Crippen molar-refractivity contribution in [3.63, 3.8) is 0 Å². The fourth-order valence-electron chi connectivity index (χ4n) is 2.38. The zero-order valence-corrected chi connectivity index (χ0v) is 13.4. The molecule has 0 aliphatic heterocycles. The number of carbonyl (C=O) groups is 1. The number of likely N-dealkylation sites (N-methyl/N-ethyl adjacent to an activating group) is 1. The first-order valence-electron chi connectivity index (χ1n) is 7.70. The Kier molecular flexibility index (Phi) is 5.76. The summed E-state index contributed by atoms with van der Waals surface area (Å²) >= 11 is 0. The zero-order chi connectivity index (χ0) is 16.7. The summed E-state index contributed by atoms with van der Waals surface area (Å²) in [4.78, 5) is 14.6. The molecule has 1 amide bonds. The fourth-order valence-corrected chi connectivity index (χ4v) is 2.38. The third-order valence-corrected chi connectivity index (χ3v) is 3.65. The predicted molar refractivity (Wildman–Crippen MR) is 88.9 cm³/mol. The molecule has 23 heavy (non-hydrogen) atoms. The van der Waals surface area contributed by atoms with Crippen molar-refractivity contribution in [3.8, 4) is 11.8 Å². The normalized spacial score (nSPS) is 11.3. The van der Waals surface area contributed by atoms with Crippen molar-refractivity contribution < 1.29 is 9.53 Å². The van der Waals surface area contributed by atoms with Gasteiger partial charge in [0.05, 0.1) is 5.56 Å². The molecule has 2 rings (SSSR count). The van der Waals surface area contributed by atoms with Crippen molar-refractivity contribution in [2.24, 2.45) is 0 Å². The Morgan fingerprint density at radius 1 is 1.09 bits per heavy atom. The van der Waals surface area contributed by atoms with E-state index < -0.39 is 6.10 Å². The van der Waals surface area contributed by atoms with Crippen LogP contribution in [0.15, 0.2) is 54.6 Å². The second-order valence-corrected chi connectivity index (χ2v) is 5.03. The average molecular weight is 308 g/mol. The molecule has 0 unspecified atom stereocenters. The number of amides is 1. The number of rotatable bonds is 6. The van der Waals surface area contributed by atoms with E-state index >= 15 is 0 Å². The van der Waals surface area contributed by atoms with E-state index in [0.717, 1.165) is 5.56 Å². The molecule has 0 bridgehead atoms. The Labute approximate surface area is 136 Å². The molecule has 0 heterocycles. The van der Waals surface area contributed by atoms with Gasteiger partial charge in [-0.05, 0) is 26.0 Å². The van der Waals surface area contributed by atoms with Crippen molar-refractivity contribution in [3.05, 3.63) is 65.7 Å². The summed E-state index contributed by atoms with van der Waals surface area (Å²) in [5.74, 6) is 0.318. The smallest absolute Gasteiger partial charge is 0.268 e. The van der Waals surface area contributed by atoms with Gasteiger partial charge in [0.2, 0.25) is 6.10 Å². The van der Waals surface area contributed by atoms with Gasteiger partial charge in [-0.1, -0.05) is 42.5 Å². The largest absolute Gasteiger partial charge is 0.474 e. The van der Waals surface area contributed by atoms with Crippen molar-refractivity contribution in [1.29, 1.82) is 5.26 Å². The molecule has 2 aromatic rings. The number of para-hydroxylation sites is 1. The van der Waals surface area contributed by atoms with Crippen LogP contribution < -0.4 is 4.74 Å². The zero-order valence-electron chi connectivity index (χ0n) is 13.4. The summed E-state index contributed by atoms with van der Waals surface area (Å²) in [5.41, 5.74) is 1.19. The predicted octanol–water partition coefficient (Wildman–Crippen LogP) is 3.55. The third-order valence-electron chi connectivity index (χ3n) is 3.65. The molecule has 0 radical (unpaired) electrons. The molecule has 0 aliphatic rings. The van der Waals surface area contributed by atoms with Crippen LogP contribution in [0.2, 0.25) is 0 Å². The van der Waals surface area contributed by atoms with E-state index in [1.807, 2.05) is 44.2 Å². The third kappa shape index (κ3) is 3.89. The molecule has 0 fully saturated rings. The van der Waals surface area contributed by atoms with Gasteiger partial charge in [0.1, 0.15) is 11.8 Å². The van der Waals surface area contributed by atoms with E-state index in [1.54, 1.807) is 29.2 Å². The standard InChI is InChI=1S/C19H20N2O2/c1-3-21(4-2)19(22)18(15-10-6-5-7-11-15)23-17-13-9-8-12-16(17)14-20/h5-13,18H,3-4H2,1-2H3/t18-/m1/s1. The van der Waals surface area contributed by atoms with Crippen LogP contribution in [0.25, 0.3) is 0 Å². The number of benzene rings is 2. The van der Waals surface area contributed by atoms with Crippen LogP contribution in [0.1, 0.15) is 31.1 Å². The molecule has 0 aliphatic carbocycles. The van der Waals surface area contributed by atoms with Gasteiger partial charge in [0.15, 0.2) is 0 Å². The molecule has 1 atom stereocenters. The molecule has 118 valence electrons. The second-order valence-electron chi connectivity index (χ2n) is 5.03. The molecule has 0 aromatic heterocycles. The highest BCUT2D eigenvalue weighted by Crippen LogP contribution is 2.26. The highest BCUT2D eigenvalue weighted by atomic mass is 16.5. The van der Waals surface area contributed by atoms with E-state index in [-0.39, 0.29) is 5.91 Å². The fraction of sp³-hybridized carbons (Fsp3) is 0.263. The van der Waals surface area contributed by atoms with E-state index in [4.69, 9.17) is 4.74 Å². The first-order valence-corrected chi connectivity index (χ1v) is 7.70.